The summed E-state index contributed by atoms with van der Waals surface area (Å²) in [6, 6.07) is 20.9. The Hall–Kier alpha value is -3.91. The number of hydrogen-bond donors (Lipinski definition) is 0. The maximum atomic E-state index is 15.1. The van der Waals surface area contributed by atoms with Crippen LogP contribution in [-0.4, -0.2) is 0 Å². The monoisotopic (exact) mass is 448 g/mol. The lowest BCUT2D eigenvalue weighted by Gasteiger charge is -2.09. The Balaban J connectivity index is 1.76. The van der Waals surface area contributed by atoms with Crippen LogP contribution in [0.25, 0.3) is 22.4 Å². The molecule has 0 N–H and O–H groups in total. The molecule has 0 saturated heterocycles. The zero-order chi connectivity index (χ0) is 23.6. The lowest BCUT2D eigenvalue weighted by molar-refractivity contribution is -0.137. The second-order valence-corrected chi connectivity index (χ2v) is 7.53. The molecule has 0 nitrogen and oxygen atoms in total. The number of halogens is 5. The van der Waals surface area contributed by atoms with Crippen LogP contribution in [0.15, 0.2) is 84.9 Å². The van der Waals surface area contributed by atoms with Crippen molar-refractivity contribution in [2.45, 2.75) is 13.1 Å². The number of aryl methyl sites for hydroxylation is 1. The molecule has 0 atom stereocenters. The molecule has 0 saturated carbocycles. The average molecular weight is 448 g/mol. The highest BCUT2D eigenvalue weighted by Gasteiger charge is 2.30. The number of hydrogen-bond acceptors (Lipinski definition) is 0. The van der Waals surface area contributed by atoms with E-state index in [0.717, 1.165) is 35.4 Å². The standard InChI is InChI=1S/C28H17F5/c1-18-6-8-19(9-7-18)10-11-20-14-17-25(24-5-3-2-4-23(20)24)27(30)26(29)21-12-15-22(16-13-21)28(31,32)33/h2-9,12-17H,1H3/b27-26+. The molecule has 0 fully saturated rings. The summed E-state index contributed by atoms with van der Waals surface area (Å²) >= 11 is 0. The summed E-state index contributed by atoms with van der Waals surface area (Å²) in [5, 5.41) is 1.10. The van der Waals surface area contributed by atoms with Crippen molar-refractivity contribution >= 4 is 22.4 Å². The Morgan fingerprint density at radius 1 is 0.667 bits per heavy atom. The van der Waals surface area contributed by atoms with E-state index in [1.807, 2.05) is 31.2 Å². The first-order chi connectivity index (χ1) is 15.7. The fraction of sp³-hybridized carbons (Fsp3) is 0.0714. The molecule has 0 radical (unpaired) electrons. The molecule has 0 amide bonds. The molecule has 0 aliphatic carbocycles. The van der Waals surface area contributed by atoms with Gasteiger partial charge in [0.1, 0.15) is 0 Å². The maximum absolute atomic E-state index is 15.1. The Morgan fingerprint density at radius 3 is 1.94 bits per heavy atom. The highest BCUT2D eigenvalue weighted by molar-refractivity contribution is 6.00. The summed E-state index contributed by atoms with van der Waals surface area (Å²) in [7, 11) is 0. The van der Waals surface area contributed by atoms with Gasteiger partial charge in [-0.05, 0) is 48.0 Å². The van der Waals surface area contributed by atoms with Gasteiger partial charge in [-0.3, -0.25) is 0 Å². The second kappa shape index (κ2) is 8.91. The highest BCUT2D eigenvalue weighted by Crippen LogP contribution is 2.35. The van der Waals surface area contributed by atoms with Gasteiger partial charge in [0.25, 0.3) is 0 Å². The minimum absolute atomic E-state index is 0.00360. The van der Waals surface area contributed by atoms with E-state index in [0.29, 0.717) is 16.3 Å². The van der Waals surface area contributed by atoms with Crippen molar-refractivity contribution in [2.24, 2.45) is 0 Å². The molecule has 0 unspecified atom stereocenters. The normalized spacial score (nSPS) is 12.2. The van der Waals surface area contributed by atoms with Crippen LogP contribution in [0, 0.1) is 18.8 Å². The predicted octanol–water partition coefficient (Wildman–Crippen LogP) is 8.33. The van der Waals surface area contributed by atoms with Crippen molar-refractivity contribution in [3.63, 3.8) is 0 Å². The predicted molar refractivity (Wildman–Crippen MR) is 122 cm³/mol. The van der Waals surface area contributed by atoms with Gasteiger partial charge in [0.15, 0.2) is 11.7 Å². The Kier molecular flexibility index (Phi) is 6.02. The van der Waals surface area contributed by atoms with E-state index in [9.17, 15) is 17.6 Å². The molecule has 4 rings (SSSR count). The van der Waals surface area contributed by atoms with Gasteiger partial charge in [-0.25, -0.2) is 8.78 Å². The molecule has 164 valence electrons. The van der Waals surface area contributed by atoms with Crippen LogP contribution >= 0.6 is 0 Å². The van der Waals surface area contributed by atoms with Crippen LogP contribution in [0.2, 0.25) is 0 Å². The zero-order valence-corrected chi connectivity index (χ0v) is 17.5. The summed E-state index contributed by atoms with van der Waals surface area (Å²) in [6.45, 7) is 1.98. The Morgan fingerprint density at radius 2 is 1.30 bits per heavy atom. The Bertz CT molecular complexity index is 1400. The van der Waals surface area contributed by atoms with E-state index in [-0.39, 0.29) is 11.1 Å². The summed E-state index contributed by atoms with van der Waals surface area (Å²) in [4.78, 5) is 0. The molecule has 0 heterocycles. The SMILES string of the molecule is Cc1ccc(C#Cc2ccc(/C(F)=C(\F)c3ccc(C(F)(F)F)cc3)c3ccccc23)cc1. The smallest absolute Gasteiger partial charge is 0.203 e. The van der Waals surface area contributed by atoms with Crippen LogP contribution in [0.4, 0.5) is 22.0 Å². The van der Waals surface area contributed by atoms with Crippen molar-refractivity contribution < 1.29 is 22.0 Å². The van der Waals surface area contributed by atoms with E-state index < -0.39 is 23.4 Å². The molecule has 5 heteroatoms. The number of benzene rings is 4. The third-order valence-corrected chi connectivity index (χ3v) is 5.21. The minimum Gasteiger partial charge on any atom is -0.203 e. The molecule has 0 bridgehead atoms. The van der Waals surface area contributed by atoms with Crippen molar-refractivity contribution in [3.05, 3.63) is 118 Å². The number of fused-ring (bicyclic) bond motifs is 1. The zero-order valence-electron chi connectivity index (χ0n) is 17.5. The largest absolute Gasteiger partial charge is 0.416 e. The van der Waals surface area contributed by atoms with Crippen molar-refractivity contribution in [1.29, 1.82) is 0 Å². The number of alkyl halides is 3. The second-order valence-electron chi connectivity index (χ2n) is 7.53. The third kappa shape index (κ3) is 4.80. The highest BCUT2D eigenvalue weighted by atomic mass is 19.4. The summed E-state index contributed by atoms with van der Waals surface area (Å²) < 4.78 is 68.3. The topological polar surface area (TPSA) is 0 Å². The van der Waals surface area contributed by atoms with E-state index >= 15 is 4.39 Å². The molecule has 4 aromatic carbocycles. The lowest BCUT2D eigenvalue weighted by Crippen LogP contribution is -2.04. The minimum atomic E-state index is -4.55. The van der Waals surface area contributed by atoms with Crippen molar-refractivity contribution in [2.75, 3.05) is 0 Å². The quantitative estimate of drug-likeness (QED) is 0.164. The first-order valence-electron chi connectivity index (χ1n) is 10.1. The fourth-order valence-electron chi connectivity index (χ4n) is 3.43. The van der Waals surface area contributed by atoms with Gasteiger partial charge in [-0.1, -0.05) is 72.0 Å². The molecule has 0 aromatic heterocycles. The van der Waals surface area contributed by atoms with Gasteiger partial charge < -0.3 is 0 Å². The molecule has 0 aliphatic rings. The van der Waals surface area contributed by atoms with Crippen LogP contribution < -0.4 is 0 Å². The van der Waals surface area contributed by atoms with Crippen LogP contribution in [0.5, 0.6) is 0 Å². The average Bonchev–Trinajstić information content (AvgIpc) is 2.82. The summed E-state index contributed by atoms with van der Waals surface area (Å²) in [5.74, 6) is 3.78. The van der Waals surface area contributed by atoms with Crippen LogP contribution in [-0.2, 0) is 6.18 Å². The van der Waals surface area contributed by atoms with Gasteiger partial charge in [0, 0.05) is 22.3 Å². The van der Waals surface area contributed by atoms with Gasteiger partial charge >= 0.3 is 6.18 Å². The first kappa shape index (κ1) is 22.3. The van der Waals surface area contributed by atoms with Crippen molar-refractivity contribution in [1.82, 2.24) is 0 Å². The van der Waals surface area contributed by atoms with Gasteiger partial charge in [0.2, 0.25) is 0 Å². The molecule has 4 aromatic rings. The van der Waals surface area contributed by atoms with Gasteiger partial charge in [-0.2, -0.15) is 13.2 Å². The fourth-order valence-corrected chi connectivity index (χ4v) is 3.43. The van der Waals surface area contributed by atoms with E-state index in [2.05, 4.69) is 11.8 Å². The van der Waals surface area contributed by atoms with E-state index in [4.69, 9.17) is 0 Å². The first-order valence-corrected chi connectivity index (χ1v) is 10.1. The van der Waals surface area contributed by atoms with Crippen molar-refractivity contribution in [3.8, 4) is 11.8 Å². The van der Waals surface area contributed by atoms with Gasteiger partial charge in [0.05, 0.1) is 5.56 Å². The third-order valence-electron chi connectivity index (χ3n) is 5.21. The van der Waals surface area contributed by atoms with E-state index in [1.54, 1.807) is 30.3 Å². The molecule has 33 heavy (non-hydrogen) atoms. The lowest BCUT2D eigenvalue weighted by atomic mass is 9.97. The summed E-state index contributed by atoms with van der Waals surface area (Å²) in [6.07, 6.45) is -4.55. The molecule has 0 aliphatic heterocycles. The molecule has 0 spiro atoms. The molecular weight excluding hydrogens is 431 g/mol. The molecular formula is C28H17F5. The van der Waals surface area contributed by atoms with Gasteiger partial charge in [-0.15, -0.1) is 0 Å². The Labute approximate surface area is 188 Å². The number of rotatable bonds is 2. The summed E-state index contributed by atoms with van der Waals surface area (Å²) in [5.41, 5.74) is 1.40. The van der Waals surface area contributed by atoms with E-state index in [1.165, 1.54) is 6.07 Å². The van der Waals surface area contributed by atoms with Crippen LogP contribution in [0.3, 0.4) is 0 Å². The van der Waals surface area contributed by atoms with Crippen LogP contribution in [0.1, 0.15) is 33.4 Å². The maximum Gasteiger partial charge on any atom is 0.416 e.